The van der Waals surface area contributed by atoms with Crippen molar-refractivity contribution in [3.05, 3.63) is 35.7 Å². The molecule has 6 heteroatoms. The standard InChI is InChI=1S/C18H20N4O2/c1-22-7-4-13(5-8-22)21-17-10-15(23)16(24-17)9-12-11-20-18-14(12)3-2-6-19-18/h2-3,6,9-11,13,21,23H,4-5,7-8H2,1H3. The van der Waals surface area contributed by atoms with Crippen molar-refractivity contribution >= 4 is 29.6 Å². The van der Waals surface area contributed by atoms with Crippen LogP contribution >= 0.6 is 0 Å². The van der Waals surface area contributed by atoms with Crippen LogP contribution in [0.5, 0.6) is 5.75 Å². The minimum absolute atomic E-state index is 0.128. The number of pyridine rings is 1. The summed E-state index contributed by atoms with van der Waals surface area (Å²) in [6.07, 6.45) is 7.39. The number of nitrogens with zero attached hydrogens (tertiary/aromatic N) is 3. The van der Waals surface area contributed by atoms with Crippen molar-refractivity contribution in [3.8, 4) is 5.75 Å². The van der Waals surface area contributed by atoms with Crippen molar-refractivity contribution in [2.45, 2.75) is 18.9 Å². The highest BCUT2D eigenvalue weighted by Crippen LogP contribution is 2.34. The fraction of sp³-hybridized carbons (Fsp3) is 0.333. The summed E-state index contributed by atoms with van der Waals surface area (Å²) in [7, 11) is 2.13. The van der Waals surface area contributed by atoms with Crippen LogP contribution in [0.25, 0.3) is 11.6 Å². The van der Waals surface area contributed by atoms with E-state index in [1.165, 1.54) is 0 Å². The van der Waals surface area contributed by atoms with Gasteiger partial charge < -0.3 is 19.7 Å². The zero-order chi connectivity index (χ0) is 16.5. The van der Waals surface area contributed by atoms with E-state index in [4.69, 9.17) is 4.42 Å². The van der Waals surface area contributed by atoms with E-state index in [1.54, 1.807) is 24.6 Å². The number of hydrogen-bond donors (Lipinski definition) is 2. The highest BCUT2D eigenvalue weighted by Gasteiger charge is 2.19. The normalized spacial score (nSPS) is 19.8. The molecule has 6 nitrogen and oxygen atoms in total. The third-order valence-corrected chi connectivity index (χ3v) is 4.52. The SMILES string of the molecule is CN1CCC(Nc2cc(O)c(C=C3C=Nc4ncccc43)o2)CC1. The quantitative estimate of drug-likeness (QED) is 0.907. The third kappa shape index (κ3) is 2.92. The van der Waals surface area contributed by atoms with Crippen LogP contribution in [0.15, 0.2) is 33.8 Å². The van der Waals surface area contributed by atoms with Gasteiger partial charge in [-0.05, 0) is 51.2 Å². The van der Waals surface area contributed by atoms with Gasteiger partial charge in [-0.25, -0.2) is 9.98 Å². The van der Waals surface area contributed by atoms with E-state index in [2.05, 4.69) is 27.2 Å². The Labute approximate surface area is 140 Å². The van der Waals surface area contributed by atoms with Crippen LogP contribution < -0.4 is 5.32 Å². The molecule has 2 aliphatic rings. The van der Waals surface area contributed by atoms with Gasteiger partial charge in [0, 0.05) is 35.7 Å². The van der Waals surface area contributed by atoms with Gasteiger partial charge in [0.1, 0.15) is 0 Å². The molecule has 124 valence electrons. The predicted molar refractivity (Wildman–Crippen MR) is 94.8 cm³/mol. The lowest BCUT2D eigenvalue weighted by atomic mass is 10.1. The van der Waals surface area contributed by atoms with Gasteiger partial charge in [-0.1, -0.05) is 0 Å². The molecule has 2 aromatic heterocycles. The number of rotatable bonds is 3. The molecule has 0 atom stereocenters. The molecule has 0 bridgehead atoms. The minimum Gasteiger partial charge on any atom is -0.504 e. The number of anilines is 1. The number of nitrogens with one attached hydrogen (secondary N) is 1. The van der Waals surface area contributed by atoms with Crippen LogP contribution in [-0.2, 0) is 0 Å². The molecule has 4 rings (SSSR count). The second-order valence-corrected chi connectivity index (χ2v) is 6.31. The van der Waals surface area contributed by atoms with Gasteiger partial charge in [-0.15, -0.1) is 0 Å². The number of hydrogen-bond acceptors (Lipinski definition) is 6. The second-order valence-electron chi connectivity index (χ2n) is 6.31. The fourth-order valence-corrected chi connectivity index (χ4v) is 3.11. The zero-order valence-electron chi connectivity index (χ0n) is 13.6. The summed E-state index contributed by atoms with van der Waals surface area (Å²) in [6, 6.07) is 5.85. The van der Waals surface area contributed by atoms with Crippen LogP contribution in [0.3, 0.4) is 0 Å². The van der Waals surface area contributed by atoms with E-state index in [0.717, 1.165) is 37.1 Å². The Hall–Kier alpha value is -2.60. The number of aromatic nitrogens is 1. The second kappa shape index (κ2) is 6.13. The van der Waals surface area contributed by atoms with Crippen molar-refractivity contribution in [1.29, 1.82) is 0 Å². The van der Waals surface area contributed by atoms with Crippen molar-refractivity contribution in [3.63, 3.8) is 0 Å². The first-order chi connectivity index (χ1) is 11.7. The summed E-state index contributed by atoms with van der Waals surface area (Å²) >= 11 is 0. The number of aliphatic imine (C=N–C) groups is 1. The zero-order valence-corrected chi connectivity index (χ0v) is 13.6. The maximum atomic E-state index is 10.2. The van der Waals surface area contributed by atoms with E-state index >= 15 is 0 Å². The Bertz CT molecular complexity index is 801. The topological polar surface area (TPSA) is 73.9 Å². The average Bonchev–Trinajstić information content (AvgIpc) is 3.14. The first-order valence-corrected chi connectivity index (χ1v) is 8.18. The lowest BCUT2D eigenvalue weighted by molar-refractivity contribution is 0.262. The van der Waals surface area contributed by atoms with Crippen LogP contribution in [-0.4, -0.2) is 47.4 Å². The summed E-state index contributed by atoms with van der Waals surface area (Å²) < 4.78 is 5.79. The van der Waals surface area contributed by atoms with Gasteiger partial charge >= 0.3 is 0 Å². The Morgan fingerprint density at radius 2 is 2.21 bits per heavy atom. The van der Waals surface area contributed by atoms with E-state index in [-0.39, 0.29) is 5.75 Å². The molecule has 2 aromatic rings. The smallest absolute Gasteiger partial charge is 0.197 e. The largest absolute Gasteiger partial charge is 0.504 e. The third-order valence-electron chi connectivity index (χ3n) is 4.52. The molecule has 1 saturated heterocycles. The summed E-state index contributed by atoms with van der Waals surface area (Å²) in [4.78, 5) is 10.8. The molecule has 0 spiro atoms. The molecule has 2 aliphatic heterocycles. The first-order valence-electron chi connectivity index (χ1n) is 8.18. The number of piperidine rings is 1. The van der Waals surface area contributed by atoms with E-state index < -0.39 is 0 Å². The van der Waals surface area contributed by atoms with Gasteiger partial charge in [0.2, 0.25) is 0 Å². The number of fused-ring (bicyclic) bond motifs is 1. The van der Waals surface area contributed by atoms with Crippen LogP contribution in [0, 0.1) is 0 Å². The van der Waals surface area contributed by atoms with Crippen LogP contribution in [0.1, 0.15) is 24.2 Å². The van der Waals surface area contributed by atoms with Crippen molar-refractivity contribution in [2.75, 3.05) is 25.5 Å². The molecule has 1 fully saturated rings. The maximum absolute atomic E-state index is 10.2. The molecule has 0 amide bonds. The lowest BCUT2D eigenvalue weighted by Crippen LogP contribution is -2.36. The number of furan rings is 1. The molecule has 4 heterocycles. The Morgan fingerprint density at radius 3 is 3.04 bits per heavy atom. The number of likely N-dealkylation sites (tertiary alicyclic amines) is 1. The fourth-order valence-electron chi connectivity index (χ4n) is 3.11. The molecule has 0 saturated carbocycles. The molecule has 0 radical (unpaired) electrons. The molecule has 24 heavy (non-hydrogen) atoms. The molecule has 2 N–H and O–H groups in total. The summed E-state index contributed by atoms with van der Waals surface area (Å²) in [5.41, 5.74) is 1.83. The maximum Gasteiger partial charge on any atom is 0.197 e. The van der Waals surface area contributed by atoms with Gasteiger partial charge in [0.25, 0.3) is 0 Å². The Balaban J connectivity index is 1.52. The minimum atomic E-state index is 0.128. The van der Waals surface area contributed by atoms with Gasteiger partial charge in [-0.3, -0.25) is 0 Å². The molecule has 0 unspecified atom stereocenters. The highest BCUT2D eigenvalue weighted by atomic mass is 16.4. The number of aromatic hydroxyl groups is 1. The van der Waals surface area contributed by atoms with Crippen molar-refractivity contribution in [2.24, 2.45) is 4.99 Å². The Kier molecular flexibility index (Phi) is 3.82. The van der Waals surface area contributed by atoms with Crippen LogP contribution in [0.4, 0.5) is 11.7 Å². The molecule has 0 aliphatic carbocycles. The van der Waals surface area contributed by atoms with Crippen LogP contribution in [0.2, 0.25) is 0 Å². The average molecular weight is 324 g/mol. The van der Waals surface area contributed by atoms with E-state index in [9.17, 15) is 5.11 Å². The van der Waals surface area contributed by atoms with Gasteiger partial charge in [0.05, 0.1) is 0 Å². The lowest BCUT2D eigenvalue weighted by Gasteiger charge is -2.29. The predicted octanol–water partition coefficient (Wildman–Crippen LogP) is 3.14. The van der Waals surface area contributed by atoms with Gasteiger partial charge in [-0.2, -0.15) is 0 Å². The summed E-state index contributed by atoms with van der Waals surface area (Å²) in [5.74, 6) is 1.86. The van der Waals surface area contributed by atoms with Crippen molar-refractivity contribution in [1.82, 2.24) is 9.88 Å². The first kappa shape index (κ1) is 15.0. The van der Waals surface area contributed by atoms with E-state index in [1.807, 2.05) is 12.1 Å². The highest BCUT2D eigenvalue weighted by molar-refractivity contribution is 6.20. The molecule has 0 aromatic carbocycles. The monoisotopic (exact) mass is 324 g/mol. The van der Waals surface area contributed by atoms with Crippen molar-refractivity contribution < 1.29 is 9.52 Å². The Morgan fingerprint density at radius 1 is 1.38 bits per heavy atom. The van der Waals surface area contributed by atoms with Gasteiger partial charge in [0.15, 0.2) is 23.2 Å². The molecular weight excluding hydrogens is 304 g/mol. The summed E-state index contributed by atoms with van der Waals surface area (Å²) in [6.45, 7) is 2.14. The molecular formula is C18H20N4O2. The van der Waals surface area contributed by atoms with E-state index in [0.29, 0.717) is 23.5 Å². The summed E-state index contributed by atoms with van der Waals surface area (Å²) in [5, 5.41) is 13.5. The number of allylic oxidation sites excluding steroid dienone is 1.